The van der Waals surface area contributed by atoms with Gasteiger partial charge in [0.15, 0.2) is 0 Å². The molecule has 3 nitrogen and oxygen atoms in total. The quantitative estimate of drug-likeness (QED) is 0.911. The van der Waals surface area contributed by atoms with Gasteiger partial charge in [0.2, 0.25) is 0 Å². The summed E-state index contributed by atoms with van der Waals surface area (Å²) in [6.45, 7) is 6.34. The maximum atomic E-state index is 9.05. The van der Waals surface area contributed by atoms with Crippen molar-refractivity contribution in [1.29, 1.82) is 5.26 Å². The summed E-state index contributed by atoms with van der Waals surface area (Å²) in [6.07, 6.45) is 4.79. The van der Waals surface area contributed by atoms with Crippen LogP contribution in [0.4, 0.5) is 0 Å². The fraction of sp³-hybridized carbons (Fsp3) is 0.588. The minimum atomic E-state index is 0.287. The fourth-order valence-electron chi connectivity index (χ4n) is 2.81. The molecule has 1 fully saturated rings. The molecule has 1 aliphatic carbocycles. The molecule has 1 aliphatic rings. The lowest BCUT2D eigenvalue weighted by Gasteiger charge is -2.30. The highest BCUT2D eigenvalue weighted by molar-refractivity contribution is 5.42. The van der Waals surface area contributed by atoms with Crippen molar-refractivity contribution in [2.24, 2.45) is 0 Å². The zero-order valence-electron chi connectivity index (χ0n) is 12.6. The number of hydrogen-bond donors (Lipinski definition) is 1. The summed E-state index contributed by atoms with van der Waals surface area (Å²) in [5.41, 5.74) is 1.71. The van der Waals surface area contributed by atoms with Crippen LogP contribution < -0.4 is 10.1 Å². The Hall–Kier alpha value is -1.53. The van der Waals surface area contributed by atoms with Gasteiger partial charge >= 0.3 is 0 Å². The third kappa shape index (κ3) is 3.98. The first-order chi connectivity index (χ1) is 9.58. The molecule has 0 saturated heterocycles. The number of hydrogen-bond acceptors (Lipinski definition) is 3. The minimum absolute atomic E-state index is 0.287. The van der Waals surface area contributed by atoms with Crippen molar-refractivity contribution in [3.63, 3.8) is 0 Å². The van der Waals surface area contributed by atoms with Crippen LogP contribution in [0.2, 0.25) is 0 Å². The Kier molecular flexibility index (Phi) is 5.03. The first kappa shape index (κ1) is 14.9. The number of nitriles is 1. The number of nitrogens with one attached hydrogen (secondary N) is 1. The van der Waals surface area contributed by atoms with Crippen molar-refractivity contribution in [3.8, 4) is 11.8 Å². The normalized spacial score (nSPS) is 22.6. The van der Waals surface area contributed by atoms with Crippen LogP contribution in [0.1, 0.15) is 50.7 Å². The van der Waals surface area contributed by atoms with E-state index in [0.29, 0.717) is 17.6 Å². The van der Waals surface area contributed by atoms with Crippen LogP contribution in [0, 0.1) is 18.3 Å². The molecule has 2 rings (SSSR count). The van der Waals surface area contributed by atoms with Crippen LogP contribution in [0.3, 0.4) is 0 Å². The number of nitrogens with zero attached hydrogens (tertiary/aromatic N) is 1. The largest absolute Gasteiger partial charge is 0.490 e. The van der Waals surface area contributed by atoms with Gasteiger partial charge in [-0.05, 0) is 50.3 Å². The molecule has 0 spiro atoms. The molecule has 3 heteroatoms. The highest BCUT2D eigenvalue weighted by atomic mass is 16.5. The van der Waals surface area contributed by atoms with Crippen LogP contribution in [0.25, 0.3) is 0 Å². The average molecular weight is 272 g/mol. The van der Waals surface area contributed by atoms with Gasteiger partial charge < -0.3 is 10.1 Å². The molecule has 0 unspecified atom stereocenters. The summed E-state index contributed by atoms with van der Waals surface area (Å²) in [5.74, 6) is 0.826. The Morgan fingerprint density at radius 3 is 2.55 bits per heavy atom. The predicted octanol–water partition coefficient (Wildman–Crippen LogP) is 3.55. The van der Waals surface area contributed by atoms with Crippen molar-refractivity contribution in [2.75, 3.05) is 0 Å². The third-order valence-corrected chi connectivity index (χ3v) is 3.88. The highest BCUT2D eigenvalue weighted by Gasteiger charge is 2.22. The van der Waals surface area contributed by atoms with E-state index in [-0.39, 0.29) is 6.10 Å². The van der Waals surface area contributed by atoms with Gasteiger partial charge in [0.25, 0.3) is 0 Å². The summed E-state index contributed by atoms with van der Waals surface area (Å²) in [6, 6.07) is 9.17. The van der Waals surface area contributed by atoms with Gasteiger partial charge in [-0.1, -0.05) is 19.9 Å². The topological polar surface area (TPSA) is 45.0 Å². The Bertz CT molecular complexity index is 482. The van der Waals surface area contributed by atoms with E-state index in [4.69, 9.17) is 10.00 Å². The molecule has 108 valence electrons. The minimum Gasteiger partial charge on any atom is -0.490 e. The van der Waals surface area contributed by atoms with Gasteiger partial charge in [-0.2, -0.15) is 5.26 Å². The smallest absolute Gasteiger partial charge is 0.121 e. The molecule has 0 bridgehead atoms. The fourth-order valence-corrected chi connectivity index (χ4v) is 2.81. The van der Waals surface area contributed by atoms with E-state index < -0.39 is 0 Å². The lowest BCUT2D eigenvalue weighted by molar-refractivity contribution is 0.137. The highest BCUT2D eigenvalue weighted by Crippen LogP contribution is 2.25. The number of ether oxygens (including phenoxy) is 1. The van der Waals surface area contributed by atoms with Crippen LogP contribution in [-0.2, 0) is 0 Å². The zero-order valence-corrected chi connectivity index (χ0v) is 12.6. The van der Waals surface area contributed by atoms with E-state index in [9.17, 15) is 0 Å². The first-order valence-corrected chi connectivity index (χ1v) is 7.52. The predicted molar refractivity (Wildman–Crippen MR) is 80.8 cm³/mol. The van der Waals surface area contributed by atoms with E-state index in [2.05, 4.69) is 25.2 Å². The van der Waals surface area contributed by atoms with Gasteiger partial charge in [-0.3, -0.25) is 0 Å². The molecule has 20 heavy (non-hydrogen) atoms. The second-order valence-corrected chi connectivity index (χ2v) is 6.00. The molecule has 1 aromatic carbocycles. The molecule has 0 amide bonds. The molecule has 0 heterocycles. The summed E-state index contributed by atoms with van der Waals surface area (Å²) in [5, 5.41) is 12.6. The zero-order chi connectivity index (χ0) is 14.5. The number of aryl methyl sites for hydroxylation is 1. The van der Waals surface area contributed by atoms with E-state index >= 15 is 0 Å². The first-order valence-electron chi connectivity index (χ1n) is 7.52. The van der Waals surface area contributed by atoms with Gasteiger partial charge in [-0.25, -0.2) is 0 Å². The SMILES string of the molecule is Cc1ccc(OC2CCC(NC(C)C)CC2)cc1C#N. The Morgan fingerprint density at radius 2 is 1.95 bits per heavy atom. The van der Waals surface area contributed by atoms with Gasteiger partial charge in [0.05, 0.1) is 17.7 Å². The van der Waals surface area contributed by atoms with E-state index in [1.54, 1.807) is 0 Å². The lowest BCUT2D eigenvalue weighted by Crippen LogP contribution is -2.39. The van der Waals surface area contributed by atoms with Crippen molar-refractivity contribution in [1.82, 2.24) is 5.32 Å². The maximum absolute atomic E-state index is 9.05. The Balaban J connectivity index is 1.88. The van der Waals surface area contributed by atoms with Gasteiger partial charge in [0, 0.05) is 12.1 Å². The summed E-state index contributed by atoms with van der Waals surface area (Å²) < 4.78 is 6.03. The number of rotatable bonds is 4. The van der Waals surface area contributed by atoms with Crippen LogP contribution in [-0.4, -0.2) is 18.2 Å². The standard InChI is InChI=1S/C17H24N2O/c1-12(2)19-15-5-8-16(9-6-15)20-17-7-4-13(3)14(10-17)11-18/h4,7,10,12,15-16,19H,5-6,8-9H2,1-3H3. The molecule has 0 radical (unpaired) electrons. The molecule has 0 atom stereocenters. The second kappa shape index (κ2) is 6.76. The Labute approximate surface area is 121 Å². The average Bonchev–Trinajstić information content (AvgIpc) is 2.42. The van der Waals surface area contributed by atoms with Crippen molar-refractivity contribution >= 4 is 0 Å². The molecule has 1 saturated carbocycles. The van der Waals surface area contributed by atoms with Crippen molar-refractivity contribution < 1.29 is 4.74 Å². The van der Waals surface area contributed by atoms with Gasteiger partial charge in [-0.15, -0.1) is 0 Å². The van der Waals surface area contributed by atoms with E-state index in [1.807, 2.05) is 25.1 Å². The molecule has 0 aromatic heterocycles. The summed E-state index contributed by atoms with van der Waals surface area (Å²) in [7, 11) is 0. The van der Waals surface area contributed by atoms with Crippen molar-refractivity contribution in [3.05, 3.63) is 29.3 Å². The molecular weight excluding hydrogens is 248 g/mol. The molecule has 1 aromatic rings. The monoisotopic (exact) mass is 272 g/mol. The lowest BCUT2D eigenvalue weighted by atomic mass is 9.92. The summed E-state index contributed by atoms with van der Waals surface area (Å²) >= 11 is 0. The third-order valence-electron chi connectivity index (χ3n) is 3.88. The van der Waals surface area contributed by atoms with Crippen LogP contribution >= 0.6 is 0 Å². The van der Waals surface area contributed by atoms with Crippen molar-refractivity contribution in [2.45, 2.75) is 64.6 Å². The van der Waals surface area contributed by atoms with E-state index in [1.165, 1.54) is 12.8 Å². The van der Waals surface area contributed by atoms with Gasteiger partial charge in [0.1, 0.15) is 5.75 Å². The molecule has 0 aliphatic heterocycles. The van der Waals surface area contributed by atoms with E-state index in [0.717, 1.165) is 24.2 Å². The maximum Gasteiger partial charge on any atom is 0.121 e. The molecular formula is C17H24N2O. The Morgan fingerprint density at radius 1 is 1.25 bits per heavy atom. The second-order valence-electron chi connectivity index (χ2n) is 6.00. The number of benzene rings is 1. The van der Waals surface area contributed by atoms with Crippen LogP contribution in [0.15, 0.2) is 18.2 Å². The van der Waals surface area contributed by atoms with Crippen LogP contribution in [0.5, 0.6) is 5.75 Å². The summed E-state index contributed by atoms with van der Waals surface area (Å²) in [4.78, 5) is 0. The molecule has 1 N–H and O–H groups in total.